The quantitative estimate of drug-likeness (QED) is 0.638. The molecule has 0 aromatic carbocycles. The van der Waals surface area contributed by atoms with Crippen LogP contribution in [0.2, 0.25) is 0 Å². The summed E-state index contributed by atoms with van der Waals surface area (Å²) in [7, 11) is 0. The number of fused-ring (bicyclic) bond motifs is 2. The highest BCUT2D eigenvalue weighted by molar-refractivity contribution is 5.12. The summed E-state index contributed by atoms with van der Waals surface area (Å²) < 4.78 is 0. The maximum atomic E-state index is 4.79. The van der Waals surface area contributed by atoms with Gasteiger partial charge < -0.3 is 0 Å². The van der Waals surface area contributed by atoms with Crippen molar-refractivity contribution in [2.45, 2.75) is 64.7 Å². The topological polar surface area (TPSA) is 12.9 Å². The van der Waals surface area contributed by atoms with Gasteiger partial charge in [0, 0.05) is 11.4 Å². The standard InChI is InChI=1S/C16H25N/c1-14-9-6-4-2-3-5-7-10-15-11-8-12-16(13-14)17-15/h8,11-12,14H,2-7,9-10,13H2,1H3/t14-/m0/s1. The summed E-state index contributed by atoms with van der Waals surface area (Å²) in [6, 6.07) is 6.57. The lowest BCUT2D eigenvalue weighted by molar-refractivity contribution is 0.479. The lowest BCUT2D eigenvalue weighted by Gasteiger charge is -2.11. The zero-order chi connectivity index (χ0) is 11.9. The van der Waals surface area contributed by atoms with E-state index in [1.54, 1.807) is 0 Å². The van der Waals surface area contributed by atoms with E-state index in [9.17, 15) is 0 Å². The van der Waals surface area contributed by atoms with Crippen molar-refractivity contribution >= 4 is 0 Å². The van der Waals surface area contributed by atoms with Gasteiger partial charge in [0.2, 0.25) is 0 Å². The lowest BCUT2D eigenvalue weighted by Crippen LogP contribution is -2.03. The summed E-state index contributed by atoms with van der Waals surface area (Å²) >= 11 is 0. The van der Waals surface area contributed by atoms with Crippen LogP contribution in [-0.2, 0) is 12.8 Å². The van der Waals surface area contributed by atoms with Crippen LogP contribution in [-0.4, -0.2) is 4.98 Å². The minimum absolute atomic E-state index is 0.790. The Hall–Kier alpha value is -0.850. The Labute approximate surface area is 106 Å². The Balaban J connectivity index is 2.02. The fraction of sp³-hybridized carbons (Fsp3) is 0.688. The van der Waals surface area contributed by atoms with Crippen LogP contribution < -0.4 is 0 Å². The maximum absolute atomic E-state index is 4.79. The van der Waals surface area contributed by atoms with Gasteiger partial charge in [-0.1, -0.05) is 51.5 Å². The first kappa shape index (κ1) is 12.6. The second-order valence-electron chi connectivity index (χ2n) is 5.59. The van der Waals surface area contributed by atoms with Gasteiger partial charge in [0.1, 0.15) is 0 Å². The number of nitrogens with zero attached hydrogens (tertiary/aromatic N) is 1. The van der Waals surface area contributed by atoms with Crippen LogP contribution in [0.1, 0.15) is 63.3 Å². The summed E-state index contributed by atoms with van der Waals surface area (Å²) in [6.07, 6.45) is 12.1. The molecule has 0 radical (unpaired) electrons. The Bertz CT molecular complexity index is 332. The molecule has 2 bridgehead atoms. The van der Waals surface area contributed by atoms with Gasteiger partial charge in [-0.15, -0.1) is 0 Å². The number of hydrogen-bond donors (Lipinski definition) is 0. The van der Waals surface area contributed by atoms with E-state index < -0.39 is 0 Å². The Morgan fingerprint density at radius 2 is 1.65 bits per heavy atom. The molecule has 1 nitrogen and oxygen atoms in total. The van der Waals surface area contributed by atoms with Gasteiger partial charge in [-0.25, -0.2) is 0 Å². The van der Waals surface area contributed by atoms with Crippen molar-refractivity contribution < 1.29 is 0 Å². The Morgan fingerprint density at radius 3 is 2.53 bits per heavy atom. The van der Waals surface area contributed by atoms with Gasteiger partial charge >= 0.3 is 0 Å². The molecule has 1 atom stereocenters. The van der Waals surface area contributed by atoms with E-state index >= 15 is 0 Å². The number of aryl methyl sites for hydroxylation is 1. The van der Waals surface area contributed by atoms with Crippen LogP contribution in [0, 0.1) is 5.92 Å². The van der Waals surface area contributed by atoms with E-state index in [0.29, 0.717) is 0 Å². The van der Waals surface area contributed by atoms with Gasteiger partial charge in [-0.05, 0) is 37.3 Å². The van der Waals surface area contributed by atoms with Crippen LogP contribution in [0.3, 0.4) is 0 Å². The second-order valence-corrected chi connectivity index (χ2v) is 5.59. The molecule has 0 aliphatic carbocycles. The van der Waals surface area contributed by atoms with E-state index in [-0.39, 0.29) is 0 Å². The van der Waals surface area contributed by atoms with Gasteiger partial charge in [-0.3, -0.25) is 4.98 Å². The molecular formula is C16H25N. The molecule has 94 valence electrons. The minimum atomic E-state index is 0.790. The lowest BCUT2D eigenvalue weighted by atomic mass is 9.97. The van der Waals surface area contributed by atoms with Crippen LogP contribution in [0.25, 0.3) is 0 Å². The minimum Gasteiger partial charge on any atom is -0.258 e. The molecule has 1 aromatic rings. The first-order valence-corrected chi connectivity index (χ1v) is 7.29. The molecule has 1 aliphatic rings. The number of rotatable bonds is 0. The van der Waals surface area contributed by atoms with Gasteiger partial charge in [-0.2, -0.15) is 0 Å². The molecule has 0 unspecified atom stereocenters. The Kier molecular flexibility index (Phi) is 5.03. The van der Waals surface area contributed by atoms with Gasteiger partial charge in [0.15, 0.2) is 0 Å². The van der Waals surface area contributed by atoms with E-state index in [0.717, 1.165) is 12.3 Å². The third kappa shape index (κ3) is 4.49. The monoisotopic (exact) mass is 231 g/mol. The van der Waals surface area contributed by atoms with Gasteiger partial charge in [0.25, 0.3) is 0 Å². The smallest absolute Gasteiger partial charge is 0.0409 e. The third-order valence-electron chi connectivity index (χ3n) is 3.80. The van der Waals surface area contributed by atoms with Crippen molar-refractivity contribution in [2.24, 2.45) is 5.92 Å². The van der Waals surface area contributed by atoms with E-state index in [1.165, 1.54) is 62.8 Å². The number of aromatic nitrogens is 1. The molecule has 0 saturated carbocycles. The predicted molar refractivity (Wildman–Crippen MR) is 73.1 cm³/mol. The van der Waals surface area contributed by atoms with Crippen LogP contribution in [0.5, 0.6) is 0 Å². The summed E-state index contributed by atoms with van der Waals surface area (Å²) in [5, 5.41) is 0. The predicted octanol–water partition coefficient (Wildman–Crippen LogP) is 4.55. The molecule has 0 fully saturated rings. The zero-order valence-corrected chi connectivity index (χ0v) is 11.1. The zero-order valence-electron chi connectivity index (χ0n) is 11.1. The van der Waals surface area contributed by atoms with E-state index in [2.05, 4.69) is 25.1 Å². The van der Waals surface area contributed by atoms with Gasteiger partial charge in [0.05, 0.1) is 0 Å². The highest BCUT2D eigenvalue weighted by Crippen LogP contribution is 2.17. The summed E-state index contributed by atoms with van der Waals surface area (Å²) in [5.41, 5.74) is 2.60. The highest BCUT2D eigenvalue weighted by atomic mass is 14.7. The largest absolute Gasteiger partial charge is 0.258 e. The normalized spacial score (nSPS) is 23.2. The summed E-state index contributed by atoms with van der Waals surface area (Å²) in [6.45, 7) is 2.37. The first-order chi connectivity index (χ1) is 8.34. The molecule has 17 heavy (non-hydrogen) atoms. The molecule has 0 spiro atoms. The van der Waals surface area contributed by atoms with Crippen LogP contribution in [0.15, 0.2) is 18.2 Å². The summed E-state index contributed by atoms with van der Waals surface area (Å²) in [5.74, 6) is 0.790. The van der Waals surface area contributed by atoms with Crippen molar-refractivity contribution in [2.75, 3.05) is 0 Å². The molecule has 2 rings (SSSR count). The molecule has 1 heteroatoms. The average molecular weight is 231 g/mol. The second kappa shape index (κ2) is 6.78. The number of pyridine rings is 1. The fourth-order valence-corrected chi connectivity index (χ4v) is 2.75. The van der Waals surface area contributed by atoms with Crippen LogP contribution >= 0.6 is 0 Å². The SMILES string of the molecule is C[C@H]1CCCCCCCCc2cccc(n2)C1. The highest BCUT2D eigenvalue weighted by Gasteiger charge is 2.06. The molecule has 1 aliphatic heterocycles. The van der Waals surface area contributed by atoms with E-state index in [4.69, 9.17) is 4.98 Å². The van der Waals surface area contributed by atoms with Crippen molar-refractivity contribution in [3.8, 4) is 0 Å². The average Bonchev–Trinajstić information content (AvgIpc) is 2.33. The molecule has 1 aromatic heterocycles. The molecule has 0 N–H and O–H groups in total. The first-order valence-electron chi connectivity index (χ1n) is 7.29. The maximum Gasteiger partial charge on any atom is 0.0409 e. The van der Waals surface area contributed by atoms with Crippen molar-refractivity contribution in [3.63, 3.8) is 0 Å². The van der Waals surface area contributed by atoms with Crippen molar-refractivity contribution in [1.29, 1.82) is 0 Å². The molecule has 0 saturated heterocycles. The molecule has 2 heterocycles. The van der Waals surface area contributed by atoms with Crippen molar-refractivity contribution in [1.82, 2.24) is 4.98 Å². The Morgan fingerprint density at radius 1 is 0.941 bits per heavy atom. The van der Waals surface area contributed by atoms with E-state index in [1.807, 2.05) is 0 Å². The molecular weight excluding hydrogens is 206 g/mol. The molecule has 0 amide bonds. The summed E-state index contributed by atoms with van der Waals surface area (Å²) in [4.78, 5) is 4.79. The van der Waals surface area contributed by atoms with Crippen LogP contribution in [0.4, 0.5) is 0 Å². The fourth-order valence-electron chi connectivity index (χ4n) is 2.75. The third-order valence-corrected chi connectivity index (χ3v) is 3.80. The number of hydrogen-bond acceptors (Lipinski definition) is 1. The van der Waals surface area contributed by atoms with Crippen molar-refractivity contribution in [3.05, 3.63) is 29.6 Å².